The highest BCUT2D eigenvalue weighted by Gasteiger charge is 2.29. The van der Waals surface area contributed by atoms with Crippen LogP contribution < -0.4 is 10.2 Å². The van der Waals surface area contributed by atoms with E-state index in [4.69, 9.17) is 4.42 Å². The summed E-state index contributed by atoms with van der Waals surface area (Å²) in [5.74, 6) is 1.49. The van der Waals surface area contributed by atoms with E-state index in [0.29, 0.717) is 50.1 Å². The van der Waals surface area contributed by atoms with E-state index in [1.54, 1.807) is 17.0 Å². The van der Waals surface area contributed by atoms with Crippen LogP contribution in [0.3, 0.4) is 0 Å². The quantitative estimate of drug-likeness (QED) is 0.767. The largest absolute Gasteiger partial charge is 0.459 e. The van der Waals surface area contributed by atoms with E-state index in [9.17, 15) is 13.2 Å². The lowest BCUT2D eigenvalue weighted by atomic mass is 10.3. The zero-order valence-corrected chi connectivity index (χ0v) is 15.4. The first-order valence-corrected chi connectivity index (χ1v) is 10.6. The molecule has 4 rings (SSSR count). The first kappa shape index (κ1) is 17.7. The van der Waals surface area contributed by atoms with E-state index >= 15 is 0 Å². The molecule has 2 aromatic rings. The van der Waals surface area contributed by atoms with Gasteiger partial charge in [-0.25, -0.2) is 8.42 Å². The van der Waals surface area contributed by atoms with E-state index in [2.05, 4.69) is 20.5 Å². The summed E-state index contributed by atoms with van der Waals surface area (Å²) in [6.45, 7) is 2.22. The topological polar surface area (TPSA) is 122 Å². The Morgan fingerprint density at radius 1 is 1.26 bits per heavy atom. The van der Waals surface area contributed by atoms with Crippen LogP contribution in [0.1, 0.15) is 17.0 Å². The van der Waals surface area contributed by atoms with Gasteiger partial charge in [0, 0.05) is 32.2 Å². The lowest BCUT2D eigenvalue weighted by Gasteiger charge is -2.34. The molecule has 27 heavy (non-hydrogen) atoms. The summed E-state index contributed by atoms with van der Waals surface area (Å²) in [7, 11) is -2.96. The molecular weight excluding hydrogens is 372 g/mol. The van der Waals surface area contributed by atoms with E-state index in [0.717, 1.165) is 0 Å². The van der Waals surface area contributed by atoms with Gasteiger partial charge in [-0.1, -0.05) is 0 Å². The van der Waals surface area contributed by atoms with Crippen LogP contribution in [0.5, 0.6) is 0 Å². The third-order valence-electron chi connectivity index (χ3n) is 4.71. The van der Waals surface area contributed by atoms with Crippen molar-refractivity contribution in [1.29, 1.82) is 0 Å². The number of furan rings is 1. The molecule has 2 aromatic heterocycles. The molecule has 1 N–H and O–H groups in total. The number of hydrogen-bond donors (Lipinski definition) is 1. The predicted molar refractivity (Wildman–Crippen MR) is 97.3 cm³/mol. The summed E-state index contributed by atoms with van der Waals surface area (Å²) in [5.41, 5.74) is 0. The number of nitrogens with one attached hydrogen (secondary N) is 1. The number of nitrogens with zero attached hydrogens (tertiary/aromatic N) is 5. The third kappa shape index (κ3) is 4.02. The standard InChI is InChI=1S/C16H20N6O4S/c23-15(13-2-1-8-26-13)21-4-6-22(7-5-21)16-19-14(10-17-20-16)18-12-3-9-27(24,25)11-12/h1-2,8,10,12H,3-7,9,11H2,(H,18,19,20). The number of anilines is 2. The van der Waals surface area contributed by atoms with Gasteiger partial charge in [0.1, 0.15) is 0 Å². The second kappa shape index (κ2) is 7.14. The summed E-state index contributed by atoms with van der Waals surface area (Å²) in [4.78, 5) is 20.5. The molecule has 144 valence electrons. The number of carbonyl (C=O) groups is 1. The molecule has 0 aromatic carbocycles. The third-order valence-corrected chi connectivity index (χ3v) is 6.48. The lowest BCUT2D eigenvalue weighted by Crippen LogP contribution is -2.49. The highest BCUT2D eigenvalue weighted by molar-refractivity contribution is 7.91. The summed E-state index contributed by atoms with van der Waals surface area (Å²) in [5, 5.41) is 11.2. The Labute approximate surface area is 156 Å². The van der Waals surface area contributed by atoms with Crippen LogP contribution in [0.15, 0.2) is 29.0 Å². The Morgan fingerprint density at radius 3 is 2.74 bits per heavy atom. The van der Waals surface area contributed by atoms with Crippen molar-refractivity contribution in [1.82, 2.24) is 20.1 Å². The summed E-state index contributed by atoms with van der Waals surface area (Å²) < 4.78 is 28.3. The van der Waals surface area contributed by atoms with Crippen molar-refractivity contribution in [2.75, 3.05) is 47.9 Å². The summed E-state index contributed by atoms with van der Waals surface area (Å²) >= 11 is 0. The number of rotatable bonds is 4. The van der Waals surface area contributed by atoms with Crippen LogP contribution in [0.2, 0.25) is 0 Å². The minimum Gasteiger partial charge on any atom is -0.459 e. The normalized spacial score (nSPS) is 22.0. The molecule has 10 nitrogen and oxygen atoms in total. The van der Waals surface area contributed by atoms with Crippen LogP contribution in [-0.4, -0.2) is 78.1 Å². The molecule has 2 fully saturated rings. The molecule has 4 heterocycles. The second-order valence-electron chi connectivity index (χ2n) is 6.64. The average Bonchev–Trinajstić information content (AvgIpc) is 3.31. The van der Waals surface area contributed by atoms with Crippen molar-refractivity contribution in [3.63, 3.8) is 0 Å². The number of amides is 1. The van der Waals surface area contributed by atoms with Gasteiger partial charge in [0.2, 0.25) is 5.95 Å². The molecular formula is C16H20N6O4S. The number of hydrogen-bond acceptors (Lipinski definition) is 9. The molecule has 1 unspecified atom stereocenters. The van der Waals surface area contributed by atoms with Crippen LogP contribution in [0, 0.1) is 0 Å². The molecule has 0 bridgehead atoms. The molecule has 2 aliphatic heterocycles. The van der Waals surface area contributed by atoms with Crippen molar-refractivity contribution in [3.05, 3.63) is 30.4 Å². The fraction of sp³-hybridized carbons (Fsp3) is 0.500. The first-order chi connectivity index (χ1) is 13.0. The molecule has 0 spiro atoms. The fourth-order valence-electron chi connectivity index (χ4n) is 3.28. The van der Waals surface area contributed by atoms with Crippen LogP contribution >= 0.6 is 0 Å². The van der Waals surface area contributed by atoms with Gasteiger partial charge in [0.05, 0.1) is 24.0 Å². The van der Waals surface area contributed by atoms with Gasteiger partial charge in [-0.2, -0.15) is 10.1 Å². The van der Waals surface area contributed by atoms with E-state index in [1.807, 2.05) is 4.90 Å². The molecule has 1 atom stereocenters. The van der Waals surface area contributed by atoms with Gasteiger partial charge >= 0.3 is 0 Å². The van der Waals surface area contributed by atoms with Crippen molar-refractivity contribution in [2.45, 2.75) is 12.5 Å². The van der Waals surface area contributed by atoms with Gasteiger partial charge in [0.15, 0.2) is 21.4 Å². The van der Waals surface area contributed by atoms with Crippen LogP contribution in [0.25, 0.3) is 0 Å². The van der Waals surface area contributed by atoms with Gasteiger partial charge in [-0.05, 0) is 18.6 Å². The van der Waals surface area contributed by atoms with E-state index in [1.165, 1.54) is 12.5 Å². The minimum atomic E-state index is -2.96. The maximum absolute atomic E-state index is 12.3. The van der Waals surface area contributed by atoms with Gasteiger partial charge in [-0.3, -0.25) is 4.79 Å². The Kier molecular flexibility index (Phi) is 4.68. The summed E-state index contributed by atoms with van der Waals surface area (Å²) in [6.07, 6.45) is 3.54. The molecule has 2 saturated heterocycles. The Morgan fingerprint density at radius 2 is 2.07 bits per heavy atom. The van der Waals surface area contributed by atoms with Crippen molar-refractivity contribution in [3.8, 4) is 0 Å². The first-order valence-electron chi connectivity index (χ1n) is 8.74. The van der Waals surface area contributed by atoms with Crippen molar-refractivity contribution >= 4 is 27.5 Å². The zero-order chi connectivity index (χ0) is 18.9. The molecule has 0 saturated carbocycles. The number of piperazine rings is 1. The molecule has 1 amide bonds. The number of aromatic nitrogens is 3. The van der Waals surface area contributed by atoms with Crippen molar-refractivity contribution < 1.29 is 17.6 Å². The number of sulfone groups is 1. The van der Waals surface area contributed by atoms with E-state index < -0.39 is 9.84 Å². The fourth-order valence-corrected chi connectivity index (χ4v) is 4.95. The Balaban J connectivity index is 1.36. The SMILES string of the molecule is O=C(c1ccco1)N1CCN(c2nncc(NC3CCS(=O)(=O)C3)n2)CC1. The van der Waals surface area contributed by atoms with Gasteiger partial charge in [-0.15, -0.1) is 5.10 Å². The highest BCUT2D eigenvalue weighted by atomic mass is 32.2. The summed E-state index contributed by atoms with van der Waals surface area (Å²) in [6, 6.07) is 3.19. The van der Waals surface area contributed by atoms with Crippen LogP contribution in [0.4, 0.5) is 11.8 Å². The van der Waals surface area contributed by atoms with Gasteiger partial charge < -0.3 is 19.5 Å². The average molecular weight is 392 g/mol. The zero-order valence-electron chi connectivity index (χ0n) is 14.6. The smallest absolute Gasteiger partial charge is 0.289 e. The van der Waals surface area contributed by atoms with E-state index in [-0.39, 0.29) is 23.5 Å². The maximum Gasteiger partial charge on any atom is 0.289 e. The minimum absolute atomic E-state index is 0.111. The molecule has 0 aliphatic carbocycles. The van der Waals surface area contributed by atoms with Crippen LogP contribution in [-0.2, 0) is 9.84 Å². The lowest BCUT2D eigenvalue weighted by molar-refractivity contribution is 0.0714. The Hall–Kier alpha value is -2.69. The Bertz CT molecular complexity index is 909. The predicted octanol–water partition coefficient (Wildman–Crippen LogP) is 0.0260. The highest BCUT2D eigenvalue weighted by Crippen LogP contribution is 2.18. The van der Waals surface area contributed by atoms with Gasteiger partial charge in [0.25, 0.3) is 5.91 Å². The molecule has 0 radical (unpaired) electrons. The monoisotopic (exact) mass is 392 g/mol. The maximum atomic E-state index is 12.3. The number of carbonyl (C=O) groups excluding carboxylic acids is 1. The molecule has 2 aliphatic rings. The van der Waals surface area contributed by atoms with Crippen molar-refractivity contribution in [2.24, 2.45) is 0 Å². The second-order valence-corrected chi connectivity index (χ2v) is 8.87. The molecule has 11 heteroatoms.